The number of hydrogen-bond donors (Lipinski definition) is 2. The topological polar surface area (TPSA) is 66.5 Å². The average Bonchev–Trinajstić information content (AvgIpc) is 2.70. The van der Waals surface area contributed by atoms with Gasteiger partial charge in [0.2, 0.25) is 0 Å². The van der Waals surface area contributed by atoms with Crippen molar-refractivity contribution < 1.29 is 0 Å². The van der Waals surface area contributed by atoms with Crippen LogP contribution in [0.15, 0.2) is 24.3 Å². The van der Waals surface area contributed by atoms with Crippen molar-refractivity contribution in [3.63, 3.8) is 0 Å². The molecule has 0 radical (unpaired) electrons. The lowest BCUT2D eigenvalue weighted by molar-refractivity contribution is 0.881. The maximum atomic E-state index is 3.79. The molecule has 0 spiro atoms. The Labute approximate surface area is 81.5 Å². The van der Waals surface area contributed by atoms with Crippen molar-refractivity contribution in [1.29, 1.82) is 0 Å². The molecule has 0 aliphatic carbocycles. The second kappa shape index (κ2) is 3.87. The van der Waals surface area contributed by atoms with Gasteiger partial charge in [-0.05, 0) is 17.7 Å². The van der Waals surface area contributed by atoms with Gasteiger partial charge in [-0.25, -0.2) is 0 Å². The third-order valence-electron chi connectivity index (χ3n) is 1.92. The smallest absolute Gasteiger partial charge is 0.263 e. The first-order valence-corrected chi connectivity index (χ1v) is 4.37. The van der Waals surface area contributed by atoms with Crippen molar-refractivity contribution in [1.82, 2.24) is 20.6 Å². The second-order valence-corrected chi connectivity index (χ2v) is 3.07. The number of tetrazole rings is 1. The van der Waals surface area contributed by atoms with Crippen molar-refractivity contribution in [2.75, 3.05) is 5.32 Å². The van der Waals surface area contributed by atoms with Crippen LogP contribution in [0.1, 0.15) is 11.1 Å². The van der Waals surface area contributed by atoms with E-state index in [0.717, 1.165) is 0 Å². The van der Waals surface area contributed by atoms with E-state index in [-0.39, 0.29) is 0 Å². The number of aryl methyl sites for hydroxylation is 1. The van der Waals surface area contributed by atoms with Crippen molar-refractivity contribution >= 4 is 5.95 Å². The first-order valence-electron chi connectivity index (χ1n) is 4.37. The molecular weight excluding hydrogens is 178 g/mol. The highest BCUT2D eigenvalue weighted by Gasteiger charge is 1.96. The normalized spacial score (nSPS) is 10.1. The second-order valence-electron chi connectivity index (χ2n) is 3.07. The number of hydrogen-bond acceptors (Lipinski definition) is 4. The molecule has 14 heavy (non-hydrogen) atoms. The SMILES string of the molecule is Cc1ccc(CNc2nn[nH]n2)cc1. The quantitative estimate of drug-likeness (QED) is 0.759. The molecule has 72 valence electrons. The van der Waals surface area contributed by atoms with Crippen LogP contribution in [0.3, 0.4) is 0 Å². The molecule has 0 amide bonds. The third kappa shape index (κ3) is 2.07. The molecule has 0 atom stereocenters. The summed E-state index contributed by atoms with van der Waals surface area (Å²) in [5.41, 5.74) is 2.45. The van der Waals surface area contributed by atoms with Crippen molar-refractivity contribution in [3.05, 3.63) is 35.4 Å². The highest BCUT2D eigenvalue weighted by molar-refractivity contribution is 5.26. The van der Waals surface area contributed by atoms with Crippen molar-refractivity contribution in [2.45, 2.75) is 13.5 Å². The van der Waals surface area contributed by atoms with Gasteiger partial charge in [0.25, 0.3) is 5.95 Å². The van der Waals surface area contributed by atoms with Crippen LogP contribution < -0.4 is 5.32 Å². The van der Waals surface area contributed by atoms with Gasteiger partial charge in [-0.15, -0.1) is 5.10 Å². The Morgan fingerprint density at radius 2 is 2.07 bits per heavy atom. The number of benzene rings is 1. The van der Waals surface area contributed by atoms with Crippen molar-refractivity contribution in [3.8, 4) is 0 Å². The molecule has 5 nitrogen and oxygen atoms in total. The van der Waals surface area contributed by atoms with E-state index in [4.69, 9.17) is 0 Å². The van der Waals surface area contributed by atoms with Gasteiger partial charge in [0.05, 0.1) is 0 Å². The Kier molecular flexibility index (Phi) is 2.40. The summed E-state index contributed by atoms with van der Waals surface area (Å²) in [7, 11) is 0. The highest BCUT2D eigenvalue weighted by Crippen LogP contribution is 2.04. The van der Waals surface area contributed by atoms with E-state index >= 15 is 0 Å². The standard InChI is InChI=1S/C9H11N5/c1-7-2-4-8(5-3-7)6-10-9-11-13-14-12-9/h2-5H,6H2,1H3,(H2,10,11,12,13,14). The summed E-state index contributed by atoms with van der Waals surface area (Å²) in [6, 6.07) is 8.30. The van der Waals surface area contributed by atoms with E-state index < -0.39 is 0 Å². The molecule has 0 unspecified atom stereocenters. The van der Waals surface area contributed by atoms with Crippen LogP contribution in [0.5, 0.6) is 0 Å². The maximum absolute atomic E-state index is 3.79. The Balaban J connectivity index is 1.95. The first kappa shape index (κ1) is 8.68. The van der Waals surface area contributed by atoms with Gasteiger partial charge >= 0.3 is 0 Å². The van der Waals surface area contributed by atoms with Crippen LogP contribution in [0, 0.1) is 6.92 Å². The number of nitrogens with zero attached hydrogens (tertiary/aromatic N) is 3. The number of rotatable bonds is 3. The van der Waals surface area contributed by atoms with E-state index in [1.54, 1.807) is 0 Å². The van der Waals surface area contributed by atoms with Gasteiger partial charge in [0, 0.05) is 6.54 Å². The molecule has 0 aliphatic heterocycles. The summed E-state index contributed by atoms with van der Waals surface area (Å²) in [5.74, 6) is 0.519. The fourth-order valence-electron chi connectivity index (χ4n) is 1.12. The van der Waals surface area contributed by atoms with Gasteiger partial charge in [-0.2, -0.15) is 5.21 Å². The molecule has 0 bridgehead atoms. The van der Waals surface area contributed by atoms with Crippen LogP contribution in [0.25, 0.3) is 0 Å². The molecule has 1 aromatic heterocycles. The fraction of sp³-hybridized carbons (Fsp3) is 0.222. The largest absolute Gasteiger partial charge is 0.348 e. The molecule has 0 saturated carbocycles. The monoisotopic (exact) mass is 189 g/mol. The molecule has 0 fully saturated rings. The van der Waals surface area contributed by atoms with Crippen LogP contribution >= 0.6 is 0 Å². The predicted molar refractivity (Wildman–Crippen MR) is 52.7 cm³/mol. The zero-order valence-corrected chi connectivity index (χ0v) is 7.86. The summed E-state index contributed by atoms with van der Waals surface area (Å²) in [5, 5.41) is 16.5. The van der Waals surface area contributed by atoms with Crippen LogP contribution in [-0.2, 0) is 6.54 Å². The van der Waals surface area contributed by atoms with E-state index in [1.807, 2.05) is 0 Å². The molecule has 1 heterocycles. The van der Waals surface area contributed by atoms with Gasteiger partial charge < -0.3 is 5.32 Å². The van der Waals surface area contributed by atoms with Crippen LogP contribution in [0.4, 0.5) is 5.95 Å². The molecular formula is C9H11N5. The van der Waals surface area contributed by atoms with Gasteiger partial charge in [-0.3, -0.25) is 0 Å². The number of H-pyrrole nitrogens is 1. The van der Waals surface area contributed by atoms with E-state index in [0.29, 0.717) is 12.5 Å². The van der Waals surface area contributed by atoms with E-state index in [9.17, 15) is 0 Å². The number of aromatic nitrogens is 4. The minimum atomic E-state index is 0.519. The molecule has 0 aliphatic rings. The fourth-order valence-corrected chi connectivity index (χ4v) is 1.12. The lowest BCUT2D eigenvalue weighted by Gasteiger charge is -2.01. The molecule has 2 aromatic rings. The summed E-state index contributed by atoms with van der Waals surface area (Å²) in [4.78, 5) is 0. The zero-order valence-electron chi connectivity index (χ0n) is 7.86. The summed E-state index contributed by atoms with van der Waals surface area (Å²) < 4.78 is 0. The summed E-state index contributed by atoms with van der Waals surface area (Å²) >= 11 is 0. The number of anilines is 1. The Morgan fingerprint density at radius 1 is 1.29 bits per heavy atom. The Morgan fingerprint density at radius 3 is 2.71 bits per heavy atom. The summed E-state index contributed by atoms with van der Waals surface area (Å²) in [6.07, 6.45) is 0. The predicted octanol–water partition coefficient (Wildman–Crippen LogP) is 1.12. The molecule has 0 saturated heterocycles. The van der Waals surface area contributed by atoms with Gasteiger partial charge in [0.15, 0.2) is 0 Å². The van der Waals surface area contributed by atoms with E-state index in [1.165, 1.54) is 11.1 Å². The maximum Gasteiger partial charge on any atom is 0.263 e. The van der Waals surface area contributed by atoms with Crippen molar-refractivity contribution in [2.24, 2.45) is 0 Å². The lowest BCUT2D eigenvalue weighted by atomic mass is 10.1. The number of aromatic amines is 1. The first-order chi connectivity index (χ1) is 6.84. The van der Waals surface area contributed by atoms with Gasteiger partial charge in [-0.1, -0.05) is 34.9 Å². The minimum Gasteiger partial charge on any atom is -0.348 e. The molecule has 5 heteroatoms. The third-order valence-corrected chi connectivity index (χ3v) is 1.92. The minimum absolute atomic E-state index is 0.519. The average molecular weight is 189 g/mol. The molecule has 2 N–H and O–H groups in total. The highest BCUT2D eigenvalue weighted by atomic mass is 15.5. The zero-order chi connectivity index (χ0) is 9.80. The Bertz CT molecular complexity index is 378. The van der Waals surface area contributed by atoms with Crippen LogP contribution in [-0.4, -0.2) is 20.6 Å². The molecule has 2 rings (SSSR count). The number of nitrogens with one attached hydrogen (secondary N) is 2. The summed E-state index contributed by atoms with van der Waals surface area (Å²) in [6.45, 7) is 2.77. The van der Waals surface area contributed by atoms with E-state index in [2.05, 4.69) is 57.1 Å². The van der Waals surface area contributed by atoms with Gasteiger partial charge in [0.1, 0.15) is 0 Å². The lowest BCUT2D eigenvalue weighted by Crippen LogP contribution is -2.00. The molecule has 1 aromatic carbocycles. The Hall–Kier alpha value is -1.91. The van der Waals surface area contributed by atoms with Crippen LogP contribution in [0.2, 0.25) is 0 Å².